The van der Waals surface area contributed by atoms with E-state index in [1.165, 1.54) is 22.5 Å². The third-order valence-corrected chi connectivity index (χ3v) is 7.98. The van der Waals surface area contributed by atoms with Gasteiger partial charge < -0.3 is 4.90 Å². The molecule has 1 amide bonds. The molecule has 0 spiro atoms. The predicted molar refractivity (Wildman–Crippen MR) is 117 cm³/mol. The topological polar surface area (TPSA) is 60.9 Å². The Morgan fingerprint density at radius 2 is 1.78 bits per heavy atom. The fourth-order valence-electron chi connectivity index (χ4n) is 3.86. The summed E-state index contributed by atoms with van der Waals surface area (Å²) in [4.78, 5) is 16.5. The number of benzene rings is 2. The second kappa shape index (κ2) is 9.43. The molecule has 1 aliphatic carbocycles. The number of rotatable bonds is 7. The van der Waals surface area contributed by atoms with Crippen molar-refractivity contribution in [2.45, 2.75) is 30.3 Å². The summed E-state index contributed by atoms with van der Waals surface area (Å²) in [5.41, 5.74) is 0.818. The molecular weight excluding hydrogens is 460 g/mol. The molecule has 0 atom stereocenters. The Balaban J connectivity index is 1.36. The highest BCUT2D eigenvalue weighted by Gasteiger charge is 2.34. The number of nitrogens with zero attached hydrogens (tertiary/aromatic N) is 3. The van der Waals surface area contributed by atoms with Crippen LogP contribution in [0.25, 0.3) is 0 Å². The lowest BCUT2D eigenvalue weighted by Crippen LogP contribution is -2.52. The van der Waals surface area contributed by atoms with Crippen molar-refractivity contribution in [2.24, 2.45) is 0 Å². The van der Waals surface area contributed by atoms with Crippen molar-refractivity contribution in [2.75, 3.05) is 32.7 Å². The van der Waals surface area contributed by atoms with E-state index in [9.17, 15) is 22.0 Å². The van der Waals surface area contributed by atoms with Crippen LogP contribution in [0.1, 0.15) is 18.4 Å². The van der Waals surface area contributed by atoms with E-state index in [4.69, 9.17) is 11.6 Å². The smallest absolute Gasteiger partial charge is 0.243 e. The molecule has 0 N–H and O–H groups in total. The van der Waals surface area contributed by atoms with Gasteiger partial charge in [0, 0.05) is 38.8 Å². The summed E-state index contributed by atoms with van der Waals surface area (Å²) in [6, 6.07) is 10.00. The maximum absolute atomic E-state index is 13.5. The normalized spacial score (nSPS) is 17.7. The lowest BCUT2D eigenvalue weighted by Gasteiger charge is -2.35. The Hall–Kier alpha value is -2.07. The molecule has 0 bridgehead atoms. The molecule has 2 aromatic rings. The number of sulfonamides is 1. The number of hydrogen-bond acceptors (Lipinski definition) is 4. The van der Waals surface area contributed by atoms with Crippen molar-refractivity contribution in [3.63, 3.8) is 0 Å². The quantitative estimate of drug-likeness (QED) is 0.607. The molecule has 4 rings (SSSR count). The molecule has 2 fully saturated rings. The number of piperazine rings is 1. The van der Waals surface area contributed by atoms with E-state index >= 15 is 0 Å². The first-order chi connectivity index (χ1) is 15.2. The van der Waals surface area contributed by atoms with Crippen LogP contribution in [0.5, 0.6) is 0 Å². The van der Waals surface area contributed by atoms with Gasteiger partial charge in [-0.15, -0.1) is 0 Å². The standard InChI is InChI=1S/C22H24ClF2N3O3S/c23-20-13-19(6-7-21(20)25)32(30,31)28-10-8-26(9-11-28)22(29)15-27(18-4-5-18)14-16-2-1-3-17(24)12-16/h1-3,6-7,12-13,18H,4-5,8-11,14-15H2. The highest BCUT2D eigenvalue weighted by molar-refractivity contribution is 7.89. The third kappa shape index (κ3) is 5.28. The van der Waals surface area contributed by atoms with Crippen molar-refractivity contribution in [1.29, 1.82) is 0 Å². The van der Waals surface area contributed by atoms with Crippen LogP contribution in [0.15, 0.2) is 47.4 Å². The summed E-state index contributed by atoms with van der Waals surface area (Å²) >= 11 is 5.73. The first kappa shape index (κ1) is 23.1. The largest absolute Gasteiger partial charge is 0.339 e. The molecule has 6 nitrogen and oxygen atoms in total. The van der Waals surface area contributed by atoms with Gasteiger partial charge in [0.25, 0.3) is 0 Å². The van der Waals surface area contributed by atoms with Gasteiger partial charge in [-0.1, -0.05) is 23.7 Å². The number of halogens is 3. The van der Waals surface area contributed by atoms with Crippen LogP contribution in [0, 0.1) is 11.6 Å². The molecule has 2 aliphatic rings. The van der Waals surface area contributed by atoms with E-state index < -0.39 is 15.8 Å². The molecule has 1 aliphatic heterocycles. The van der Waals surface area contributed by atoms with E-state index in [1.54, 1.807) is 11.0 Å². The van der Waals surface area contributed by atoms with Gasteiger partial charge in [0.05, 0.1) is 16.5 Å². The van der Waals surface area contributed by atoms with Crippen molar-refractivity contribution in [3.8, 4) is 0 Å². The second-order valence-electron chi connectivity index (χ2n) is 8.13. The number of hydrogen-bond donors (Lipinski definition) is 0. The van der Waals surface area contributed by atoms with Crippen molar-refractivity contribution < 1.29 is 22.0 Å². The summed E-state index contributed by atoms with van der Waals surface area (Å²) in [5, 5.41) is -0.252. The zero-order valence-electron chi connectivity index (χ0n) is 17.4. The van der Waals surface area contributed by atoms with Crippen LogP contribution < -0.4 is 0 Å². The Morgan fingerprint density at radius 3 is 2.41 bits per heavy atom. The Labute approximate surface area is 191 Å². The van der Waals surface area contributed by atoms with Gasteiger partial charge in [-0.05, 0) is 48.7 Å². The van der Waals surface area contributed by atoms with Crippen LogP contribution in [-0.4, -0.2) is 67.2 Å². The molecule has 10 heteroatoms. The Bertz CT molecular complexity index is 1100. The van der Waals surface area contributed by atoms with Crippen LogP contribution in [-0.2, 0) is 21.4 Å². The zero-order chi connectivity index (χ0) is 22.9. The molecule has 0 aromatic heterocycles. The lowest BCUT2D eigenvalue weighted by atomic mass is 10.2. The minimum Gasteiger partial charge on any atom is -0.339 e. The van der Waals surface area contributed by atoms with E-state index in [0.29, 0.717) is 12.6 Å². The molecule has 32 heavy (non-hydrogen) atoms. The van der Waals surface area contributed by atoms with E-state index in [1.807, 2.05) is 6.07 Å². The molecule has 1 saturated heterocycles. The first-order valence-electron chi connectivity index (χ1n) is 10.5. The SMILES string of the molecule is O=C(CN(Cc1cccc(F)c1)C1CC1)N1CCN(S(=O)(=O)c2ccc(F)c(Cl)c2)CC1. The molecule has 0 unspecified atom stereocenters. The molecule has 172 valence electrons. The van der Waals surface area contributed by atoms with Crippen molar-refractivity contribution in [1.82, 2.24) is 14.1 Å². The van der Waals surface area contributed by atoms with Crippen LogP contribution >= 0.6 is 11.6 Å². The van der Waals surface area contributed by atoms with Gasteiger partial charge in [-0.25, -0.2) is 17.2 Å². The van der Waals surface area contributed by atoms with Crippen LogP contribution in [0.4, 0.5) is 8.78 Å². The maximum atomic E-state index is 13.5. The minimum atomic E-state index is -3.82. The highest BCUT2D eigenvalue weighted by Crippen LogP contribution is 2.29. The summed E-state index contributed by atoms with van der Waals surface area (Å²) in [6.07, 6.45) is 2.02. The number of amides is 1. The van der Waals surface area contributed by atoms with Gasteiger partial charge in [0.2, 0.25) is 15.9 Å². The van der Waals surface area contributed by atoms with E-state index in [2.05, 4.69) is 4.90 Å². The summed E-state index contributed by atoms with van der Waals surface area (Å²) in [6.45, 7) is 1.54. The molecule has 0 radical (unpaired) electrons. The van der Waals surface area contributed by atoms with Gasteiger partial charge in [0.1, 0.15) is 11.6 Å². The Morgan fingerprint density at radius 1 is 1.06 bits per heavy atom. The lowest BCUT2D eigenvalue weighted by molar-refractivity contribution is -0.133. The molecule has 1 heterocycles. The molecular formula is C22H24ClF2N3O3S. The number of carbonyl (C=O) groups excluding carboxylic acids is 1. The molecule has 1 saturated carbocycles. The summed E-state index contributed by atoms with van der Waals surface area (Å²) < 4.78 is 53.9. The summed E-state index contributed by atoms with van der Waals surface area (Å²) in [5.74, 6) is -1.06. The van der Waals surface area contributed by atoms with Gasteiger partial charge in [-0.2, -0.15) is 4.31 Å². The zero-order valence-corrected chi connectivity index (χ0v) is 19.0. The first-order valence-corrected chi connectivity index (χ1v) is 12.3. The monoisotopic (exact) mass is 483 g/mol. The van der Waals surface area contributed by atoms with Gasteiger partial charge in [-0.3, -0.25) is 9.69 Å². The highest BCUT2D eigenvalue weighted by atomic mass is 35.5. The van der Waals surface area contributed by atoms with E-state index in [-0.39, 0.29) is 54.4 Å². The minimum absolute atomic E-state index is 0.0707. The van der Waals surface area contributed by atoms with Crippen molar-refractivity contribution in [3.05, 3.63) is 64.7 Å². The second-order valence-corrected chi connectivity index (χ2v) is 10.5. The predicted octanol–water partition coefficient (Wildman–Crippen LogP) is 3.12. The Kier molecular flexibility index (Phi) is 6.80. The van der Waals surface area contributed by atoms with Gasteiger partial charge in [0.15, 0.2) is 0 Å². The number of carbonyl (C=O) groups is 1. The molecule has 2 aromatic carbocycles. The summed E-state index contributed by atoms with van der Waals surface area (Å²) in [7, 11) is -3.82. The average molecular weight is 484 g/mol. The maximum Gasteiger partial charge on any atom is 0.243 e. The van der Waals surface area contributed by atoms with Gasteiger partial charge >= 0.3 is 0 Å². The fraction of sp³-hybridized carbons (Fsp3) is 0.409. The average Bonchev–Trinajstić information content (AvgIpc) is 3.61. The third-order valence-electron chi connectivity index (χ3n) is 5.80. The van der Waals surface area contributed by atoms with Crippen LogP contribution in [0.2, 0.25) is 5.02 Å². The van der Waals surface area contributed by atoms with E-state index in [0.717, 1.165) is 30.5 Å². The van der Waals surface area contributed by atoms with Crippen LogP contribution in [0.3, 0.4) is 0 Å². The fourth-order valence-corrected chi connectivity index (χ4v) is 5.56. The van der Waals surface area contributed by atoms with Crippen molar-refractivity contribution >= 4 is 27.5 Å².